The van der Waals surface area contributed by atoms with Gasteiger partial charge < -0.3 is 14.9 Å². The maximum absolute atomic E-state index is 12.4. The number of alkyl halides is 3. The van der Waals surface area contributed by atoms with Crippen LogP contribution in [0.25, 0.3) is 0 Å². The third-order valence-electron chi connectivity index (χ3n) is 2.39. The van der Waals surface area contributed by atoms with Gasteiger partial charge in [0.1, 0.15) is 6.10 Å². The summed E-state index contributed by atoms with van der Waals surface area (Å²) in [5.74, 6) is -1.08. The van der Waals surface area contributed by atoms with Gasteiger partial charge in [0.25, 0.3) is 0 Å². The van der Waals surface area contributed by atoms with Crippen molar-refractivity contribution < 1.29 is 32.9 Å². The van der Waals surface area contributed by atoms with Crippen LogP contribution < -0.4 is 0 Å². The van der Waals surface area contributed by atoms with E-state index >= 15 is 0 Å². The topological polar surface area (TPSA) is 66.8 Å². The molecule has 4 nitrogen and oxygen atoms in total. The zero-order valence-corrected chi connectivity index (χ0v) is 11.2. The fraction of sp³-hybridized carbons (Fsp3) is 0.364. The summed E-state index contributed by atoms with van der Waals surface area (Å²) >= 11 is 2.86. The van der Waals surface area contributed by atoms with Gasteiger partial charge in [-0.05, 0) is 17.7 Å². The van der Waals surface area contributed by atoms with Crippen LogP contribution in [0, 0.1) is 0 Å². The number of hydrogen-bond acceptors (Lipinski definition) is 4. The number of aliphatic hydroxyl groups is 2. The maximum Gasteiger partial charge on any atom is 0.416 e. The minimum Gasteiger partial charge on any atom is -0.467 e. The lowest BCUT2D eigenvalue weighted by Crippen LogP contribution is -2.29. The Kier molecular flexibility index (Phi) is 4.94. The van der Waals surface area contributed by atoms with E-state index in [2.05, 4.69) is 20.7 Å². The summed E-state index contributed by atoms with van der Waals surface area (Å²) < 4.78 is 41.5. The molecule has 0 amide bonds. The third-order valence-corrected chi connectivity index (χ3v) is 3.07. The lowest BCUT2D eigenvalue weighted by Gasteiger charge is -2.18. The number of rotatable bonds is 3. The predicted molar refractivity (Wildman–Crippen MR) is 62.1 cm³/mol. The Bertz CT molecular complexity index is 475. The number of esters is 1. The van der Waals surface area contributed by atoms with E-state index in [1.54, 1.807) is 0 Å². The minimum absolute atomic E-state index is 0.0501. The Morgan fingerprint density at radius 1 is 1.37 bits per heavy atom. The summed E-state index contributed by atoms with van der Waals surface area (Å²) in [5, 5.41) is 19.1. The monoisotopic (exact) mass is 342 g/mol. The highest BCUT2D eigenvalue weighted by Crippen LogP contribution is 2.34. The normalized spacial score (nSPS) is 14.9. The molecular formula is C11H10BrF3O4. The van der Waals surface area contributed by atoms with Gasteiger partial charge >= 0.3 is 12.1 Å². The SMILES string of the molecule is COC(=O)C(O)C(O)c1ccc(C(F)(F)F)cc1Br. The van der Waals surface area contributed by atoms with Crippen LogP contribution in [0.2, 0.25) is 0 Å². The van der Waals surface area contributed by atoms with Gasteiger partial charge in [-0.15, -0.1) is 0 Å². The molecule has 19 heavy (non-hydrogen) atoms. The Balaban J connectivity index is 3.06. The van der Waals surface area contributed by atoms with Crippen molar-refractivity contribution in [1.29, 1.82) is 0 Å². The number of aliphatic hydroxyl groups excluding tert-OH is 2. The Morgan fingerprint density at radius 2 is 1.95 bits per heavy atom. The molecule has 2 unspecified atom stereocenters. The van der Waals surface area contributed by atoms with Crippen LogP contribution in [-0.2, 0) is 15.7 Å². The zero-order valence-electron chi connectivity index (χ0n) is 9.61. The summed E-state index contributed by atoms with van der Waals surface area (Å²) in [6.07, 6.45) is -8.09. The van der Waals surface area contributed by atoms with E-state index in [4.69, 9.17) is 0 Å². The Hall–Kier alpha value is -1.12. The molecule has 0 aromatic heterocycles. The average molecular weight is 343 g/mol. The highest BCUT2D eigenvalue weighted by molar-refractivity contribution is 9.10. The molecular weight excluding hydrogens is 333 g/mol. The molecule has 0 aliphatic heterocycles. The minimum atomic E-state index is -4.52. The largest absolute Gasteiger partial charge is 0.467 e. The van der Waals surface area contributed by atoms with Crippen molar-refractivity contribution in [3.05, 3.63) is 33.8 Å². The van der Waals surface area contributed by atoms with Crippen LogP contribution in [0.3, 0.4) is 0 Å². The van der Waals surface area contributed by atoms with Crippen molar-refractivity contribution >= 4 is 21.9 Å². The molecule has 0 saturated heterocycles. The second kappa shape index (κ2) is 5.89. The van der Waals surface area contributed by atoms with Crippen LogP contribution in [0.5, 0.6) is 0 Å². The second-order valence-corrected chi connectivity index (χ2v) is 4.50. The van der Waals surface area contributed by atoms with E-state index in [9.17, 15) is 28.2 Å². The van der Waals surface area contributed by atoms with E-state index in [1.165, 1.54) is 0 Å². The highest BCUT2D eigenvalue weighted by atomic mass is 79.9. The number of halogens is 4. The summed E-state index contributed by atoms with van der Waals surface area (Å²) in [4.78, 5) is 11.0. The first-order valence-corrected chi connectivity index (χ1v) is 5.78. The lowest BCUT2D eigenvalue weighted by atomic mass is 10.0. The molecule has 0 bridgehead atoms. The smallest absolute Gasteiger partial charge is 0.416 e. The van der Waals surface area contributed by atoms with Crippen molar-refractivity contribution in [3.63, 3.8) is 0 Å². The number of carbonyl (C=O) groups is 1. The molecule has 106 valence electrons. The Labute approximate surface area is 114 Å². The van der Waals surface area contributed by atoms with Crippen molar-refractivity contribution in [3.8, 4) is 0 Å². The van der Waals surface area contributed by atoms with Gasteiger partial charge in [-0.3, -0.25) is 0 Å². The molecule has 2 N–H and O–H groups in total. The molecule has 0 fully saturated rings. The summed E-state index contributed by atoms with van der Waals surface area (Å²) in [6, 6.07) is 2.47. The van der Waals surface area contributed by atoms with Gasteiger partial charge in [0.2, 0.25) is 0 Å². The van der Waals surface area contributed by atoms with Crippen LogP contribution in [-0.4, -0.2) is 29.4 Å². The maximum atomic E-state index is 12.4. The number of ether oxygens (including phenoxy) is 1. The van der Waals surface area contributed by atoms with Crippen LogP contribution in [0.4, 0.5) is 13.2 Å². The predicted octanol–water partition coefficient (Wildman–Crippen LogP) is 2.04. The average Bonchev–Trinajstić information content (AvgIpc) is 2.34. The molecule has 1 rings (SSSR count). The number of methoxy groups -OCH3 is 1. The van der Waals surface area contributed by atoms with Crippen LogP contribution >= 0.6 is 15.9 Å². The van der Waals surface area contributed by atoms with Crippen molar-refractivity contribution in [2.24, 2.45) is 0 Å². The van der Waals surface area contributed by atoms with Gasteiger partial charge in [0, 0.05) is 4.47 Å². The van der Waals surface area contributed by atoms with E-state index in [-0.39, 0.29) is 10.0 Å². The first-order chi connectivity index (χ1) is 8.68. The summed E-state index contributed by atoms with van der Waals surface area (Å²) in [7, 11) is 1.01. The van der Waals surface area contributed by atoms with E-state index in [1.807, 2.05) is 0 Å². The number of hydrogen-bond donors (Lipinski definition) is 2. The van der Waals surface area contributed by atoms with Crippen LogP contribution in [0.1, 0.15) is 17.2 Å². The molecule has 8 heteroatoms. The molecule has 0 aliphatic carbocycles. The lowest BCUT2D eigenvalue weighted by molar-refractivity contribution is -0.157. The van der Waals surface area contributed by atoms with Crippen LogP contribution in [0.15, 0.2) is 22.7 Å². The van der Waals surface area contributed by atoms with Crippen molar-refractivity contribution in [2.45, 2.75) is 18.4 Å². The highest BCUT2D eigenvalue weighted by Gasteiger charge is 2.33. The quantitative estimate of drug-likeness (QED) is 0.825. The summed E-state index contributed by atoms with van der Waals surface area (Å²) in [5.41, 5.74) is -0.964. The molecule has 0 heterocycles. The Morgan fingerprint density at radius 3 is 2.37 bits per heavy atom. The fourth-order valence-electron chi connectivity index (χ4n) is 1.36. The third kappa shape index (κ3) is 3.68. The number of benzene rings is 1. The van der Waals surface area contributed by atoms with E-state index in [0.29, 0.717) is 0 Å². The summed E-state index contributed by atoms with van der Waals surface area (Å²) in [6.45, 7) is 0. The number of carbonyl (C=O) groups excluding carboxylic acids is 1. The van der Waals surface area contributed by atoms with Gasteiger partial charge in [-0.1, -0.05) is 22.0 Å². The van der Waals surface area contributed by atoms with Gasteiger partial charge in [-0.25, -0.2) is 4.79 Å². The van der Waals surface area contributed by atoms with Gasteiger partial charge in [-0.2, -0.15) is 13.2 Å². The standard InChI is InChI=1S/C11H10BrF3O4/c1-19-10(18)9(17)8(16)6-3-2-5(4-7(6)12)11(13,14)15/h2-4,8-9,16-17H,1H3. The van der Waals surface area contributed by atoms with Gasteiger partial charge in [0.05, 0.1) is 12.7 Å². The first kappa shape index (κ1) is 15.9. The van der Waals surface area contributed by atoms with Crippen molar-refractivity contribution in [1.82, 2.24) is 0 Å². The molecule has 1 aromatic rings. The fourth-order valence-corrected chi connectivity index (χ4v) is 1.98. The first-order valence-electron chi connectivity index (χ1n) is 4.99. The zero-order chi connectivity index (χ0) is 14.8. The second-order valence-electron chi connectivity index (χ2n) is 3.65. The van der Waals surface area contributed by atoms with E-state index < -0.39 is 29.9 Å². The molecule has 1 aromatic carbocycles. The molecule has 0 aliphatic rings. The molecule has 0 spiro atoms. The molecule has 2 atom stereocenters. The van der Waals surface area contributed by atoms with E-state index in [0.717, 1.165) is 25.3 Å². The molecule has 0 radical (unpaired) electrons. The molecule has 0 saturated carbocycles. The van der Waals surface area contributed by atoms with Gasteiger partial charge in [0.15, 0.2) is 6.10 Å². The van der Waals surface area contributed by atoms with Crippen molar-refractivity contribution in [2.75, 3.05) is 7.11 Å².